The van der Waals surface area contributed by atoms with Gasteiger partial charge in [0.25, 0.3) is 11.8 Å². The zero-order valence-electron chi connectivity index (χ0n) is 29.7. The molecule has 2 aromatic carbocycles. The predicted molar refractivity (Wildman–Crippen MR) is 190 cm³/mol. The molecule has 2 aromatic rings. The summed E-state index contributed by atoms with van der Waals surface area (Å²) in [6, 6.07) is 8.91. The third kappa shape index (κ3) is 11.7. The molecule has 272 valence electrons. The first-order valence-corrected chi connectivity index (χ1v) is 16.7. The highest BCUT2D eigenvalue weighted by Crippen LogP contribution is 2.34. The number of hydrogen-bond acceptors (Lipinski definition) is 10. The number of alkyl carbamates (subject to hydrolysis) is 2. The number of ether oxygens (including phenoxy) is 5. The number of halogens is 1. The topological polar surface area (TPSA) is 162 Å². The monoisotopic (exact) mass is 760 g/mol. The molecule has 0 spiro atoms. The van der Waals surface area contributed by atoms with Gasteiger partial charge in [-0.25, -0.2) is 14.4 Å². The molecule has 0 aromatic heterocycles. The maximum absolute atomic E-state index is 12.8. The second-order valence-corrected chi connectivity index (χ2v) is 14.2. The number of esters is 1. The number of carbonyl (C=O) groups excluding carboxylic acids is 5. The molecule has 0 bridgehead atoms. The molecular weight excluding hydrogens is 716 g/mol. The molecule has 0 unspecified atom stereocenters. The van der Waals surface area contributed by atoms with Crippen molar-refractivity contribution in [2.75, 3.05) is 43.7 Å². The second kappa shape index (κ2) is 16.7. The lowest BCUT2D eigenvalue weighted by Gasteiger charge is -2.23. The third-order valence-electron chi connectivity index (χ3n) is 6.78. The third-order valence-corrected chi connectivity index (χ3v) is 7.27. The van der Waals surface area contributed by atoms with Gasteiger partial charge in [-0.15, -0.1) is 0 Å². The Morgan fingerprint density at radius 1 is 0.820 bits per heavy atom. The number of anilines is 2. The van der Waals surface area contributed by atoms with Crippen molar-refractivity contribution < 1.29 is 47.7 Å². The first kappa shape index (κ1) is 39.6. The minimum Gasteiger partial charge on any atom is -0.489 e. The van der Waals surface area contributed by atoms with Crippen molar-refractivity contribution in [3.05, 3.63) is 52.5 Å². The molecule has 4 rings (SSSR count). The van der Waals surface area contributed by atoms with Crippen LogP contribution in [-0.2, 0) is 28.6 Å². The van der Waals surface area contributed by atoms with E-state index >= 15 is 0 Å². The number of nitrogens with zero attached hydrogens (tertiary/aromatic N) is 2. The van der Waals surface area contributed by atoms with Crippen molar-refractivity contribution in [2.45, 2.75) is 71.8 Å². The van der Waals surface area contributed by atoms with Gasteiger partial charge in [-0.3, -0.25) is 9.59 Å². The van der Waals surface area contributed by atoms with Crippen LogP contribution in [0.1, 0.15) is 54.0 Å². The Balaban J connectivity index is 0.000000278. The van der Waals surface area contributed by atoms with E-state index in [9.17, 15) is 24.0 Å². The van der Waals surface area contributed by atoms with E-state index in [0.29, 0.717) is 35.0 Å². The molecular formula is C35H45BrN4O10. The highest BCUT2D eigenvalue weighted by molar-refractivity contribution is 9.10. The van der Waals surface area contributed by atoms with Crippen molar-refractivity contribution in [1.82, 2.24) is 10.6 Å². The van der Waals surface area contributed by atoms with Gasteiger partial charge in [0.15, 0.2) is 0 Å². The minimum atomic E-state index is -0.884. The summed E-state index contributed by atoms with van der Waals surface area (Å²) in [5, 5.41) is 5.10. The molecule has 0 radical (unpaired) electrons. The molecule has 0 saturated carbocycles. The molecule has 0 aliphatic carbocycles. The van der Waals surface area contributed by atoms with Crippen LogP contribution in [0.4, 0.5) is 21.0 Å². The van der Waals surface area contributed by atoms with E-state index in [2.05, 4.69) is 26.6 Å². The molecule has 2 aliphatic rings. The zero-order chi connectivity index (χ0) is 37.4. The lowest BCUT2D eigenvalue weighted by molar-refractivity contribution is -0.137. The highest BCUT2D eigenvalue weighted by atomic mass is 79.9. The summed E-state index contributed by atoms with van der Waals surface area (Å²) in [4.78, 5) is 63.4. The van der Waals surface area contributed by atoms with E-state index < -0.39 is 41.4 Å². The van der Waals surface area contributed by atoms with Crippen molar-refractivity contribution in [3.8, 4) is 11.5 Å². The van der Waals surface area contributed by atoms with E-state index in [4.69, 9.17) is 23.7 Å². The summed E-state index contributed by atoms with van der Waals surface area (Å²) in [6.45, 7) is 12.6. The number of likely N-dealkylation sites (N-methyl/N-ethyl adjacent to an activating group) is 2. The lowest BCUT2D eigenvalue weighted by atomic mass is 10.1. The zero-order valence-corrected chi connectivity index (χ0v) is 31.3. The summed E-state index contributed by atoms with van der Waals surface area (Å²) >= 11 is 3.37. The lowest BCUT2D eigenvalue weighted by Crippen LogP contribution is -2.50. The Hall–Kier alpha value is -4.79. The van der Waals surface area contributed by atoms with Crippen LogP contribution < -0.4 is 29.9 Å². The Labute approximate surface area is 300 Å². The van der Waals surface area contributed by atoms with Crippen LogP contribution in [-0.4, -0.2) is 87.2 Å². The predicted octanol–water partition coefficient (Wildman–Crippen LogP) is 5.21. The van der Waals surface area contributed by atoms with Crippen LogP contribution in [0.3, 0.4) is 0 Å². The molecule has 2 atom stereocenters. The van der Waals surface area contributed by atoms with Crippen LogP contribution in [0, 0.1) is 0 Å². The first-order valence-electron chi connectivity index (χ1n) is 15.9. The molecule has 2 N–H and O–H groups in total. The quantitative estimate of drug-likeness (QED) is 0.235. The van der Waals surface area contributed by atoms with Gasteiger partial charge >= 0.3 is 18.2 Å². The summed E-state index contributed by atoms with van der Waals surface area (Å²) in [5.74, 6) is 0.0451. The van der Waals surface area contributed by atoms with Gasteiger partial charge in [-0.1, -0.05) is 22.0 Å². The first-order chi connectivity index (χ1) is 23.3. The number of benzene rings is 2. The van der Waals surface area contributed by atoms with E-state index in [1.54, 1.807) is 99.0 Å². The van der Waals surface area contributed by atoms with Crippen LogP contribution in [0.2, 0.25) is 0 Å². The average molecular weight is 762 g/mol. The summed E-state index contributed by atoms with van der Waals surface area (Å²) in [6.07, 6.45) is 1.58. The minimum absolute atomic E-state index is 0.0204. The Morgan fingerprint density at radius 2 is 1.28 bits per heavy atom. The summed E-state index contributed by atoms with van der Waals surface area (Å²) < 4.78 is 27.4. The van der Waals surface area contributed by atoms with Gasteiger partial charge in [0, 0.05) is 24.6 Å². The fourth-order valence-corrected chi connectivity index (χ4v) is 4.90. The molecule has 2 heterocycles. The summed E-state index contributed by atoms with van der Waals surface area (Å²) in [7, 11) is 3.24. The second-order valence-electron chi connectivity index (χ2n) is 13.2. The number of hydrogen-bond donors (Lipinski definition) is 2. The van der Waals surface area contributed by atoms with E-state index in [0.717, 1.165) is 4.47 Å². The standard InChI is InChI=1S/C20H26N2O6.C15H19BrN2O4/c1-6-26-17(23)10-8-13-7-9-16-15(11-13)22(5)18(24)14(12-27-16)21-19(25)28-20(2,3)4;1-15(2,3)22-14(20)17-10-8-21-12-6-5-9(16)7-11(12)18(4)13(10)19/h7-11,14H,6,12H2,1-5H3,(H,21,25);5-7,10H,8H2,1-4H3,(H,17,20)/b10-8+;/t14-;10-/m00/s1. The number of rotatable bonds is 5. The maximum Gasteiger partial charge on any atom is 0.408 e. The van der Waals surface area contributed by atoms with E-state index in [1.165, 1.54) is 15.9 Å². The van der Waals surface area contributed by atoms with Gasteiger partial charge in [-0.2, -0.15) is 0 Å². The molecule has 50 heavy (non-hydrogen) atoms. The SMILES string of the molecule is CCOC(=O)/C=C/c1ccc2c(c1)N(C)C(=O)[C@@H](NC(=O)OC(C)(C)C)CO2.CN1C(=O)[C@@H](NC(=O)OC(C)(C)C)COc2ccc(Br)cc21. The number of nitrogens with one attached hydrogen (secondary N) is 2. The maximum atomic E-state index is 12.8. The van der Waals surface area contributed by atoms with E-state index in [-0.39, 0.29) is 25.0 Å². The van der Waals surface area contributed by atoms with Crippen molar-refractivity contribution >= 4 is 63.4 Å². The van der Waals surface area contributed by atoms with E-state index in [1.807, 2.05) is 6.07 Å². The normalized spacial score (nSPS) is 17.4. The molecule has 0 fully saturated rings. The Kier molecular flexibility index (Phi) is 13.3. The van der Waals surface area contributed by atoms with Gasteiger partial charge in [-0.05, 0) is 90.4 Å². The Bertz CT molecular complexity index is 1620. The molecule has 15 heteroatoms. The van der Waals surface area contributed by atoms with Crippen LogP contribution in [0.25, 0.3) is 6.08 Å². The van der Waals surface area contributed by atoms with Crippen molar-refractivity contribution in [1.29, 1.82) is 0 Å². The smallest absolute Gasteiger partial charge is 0.408 e. The van der Waals surface area contributed by atoms with Crippen LogP contribution >= 0.6 is 15.9 Å². The van der Waals surface area contributed by atoms with Crippen LogP contribution in [0.5, 0.6) is 11.5 Å². The average Bonchev–Trinajstić information content (AvgIpc) is 3.19. The fraction of sp³-hybridized carbons (Fsp3) is 0.457. The number of amides is 4. The summed E-state index contributed by atoms with van der Waals surface area (Å²) in [5.41, 5.74) is 0.581. The van der Waals surface area contributed by atoms with Crippen molar-refractivity contribution in [3.63, 3.8) is 0 Å². The largest absolute Gasteiger partial charge is 0.489 e. The van der Waals surface area contributed by atoms with Crippen molar-refractivity contribution in [2.24, 2.45) is 0 Å². The Morgan fingerprint density at radius 3 is 1.74 bits per heavy atom. The van der Waals surface area contributed by atoms with Crippen LogP contribution in [0.15, 0.2) is 46.9 Å². The van der Waals surface area contributed by atoms with Gasteiger partial charge in [0.2, 0.25) is 0 Å². The molecule has 4 amide bonds. The van der Waals surface area contributed by atoms with Gasteiger partial charge < -0.3 is 44.1 Å². The van der Waals surface area contributed by atoms with Gasteiger partial charge in [0.05, 0.1) is 18.0 Å². The fourth-order valence-electron chi connectivity index (χ4n) is 4.55. The molecule has 2 aliphatic heterocycles. The van der Waals surface area contributed by atoms with Gasteiger partial charge in [0.1, 0.15) is 48.0 Å². The number of fused-ring (bicyclic) bond motifs is 2. The number of carbonyl (C=O) groups is 5. The highest BCUT2D eigenvalue weighted by Gasteiger charge is 2.33. The molecule has 14 nitrogen and oxygen atoms in total. The molecule has 0 saturated heterocycles.